The van der Waals surface area contributed by atoms with E-state index in [-0.39, 0.29) is 11.5 Å². The lowest BCUT2D eigenvalue weighted by Crippen LogP contribution is -2.44. The van der Waals surface area contributed by atoms with Crippen LogP contribution in [-0.2, 0) is 4.79 Å². The number of hydrogen-bond acceptors (Lipinski definition) is 7. The number of benzene rings is 2. The van der Waals surface area contributed by atoms with Crippen LogP contribution in [0.3, 0.4) is 0 Å². The van der Waals surface area contributed by atoms with E-state index in [9.17, 15) is 14.7 Å². The summed E-state index contributed by atoms with van der Waals surface area (Å²) < 4.78 is 2.85. The van der Waals surface area contributed by atoms with Gasteiger partial charge in [-0.05, 0) is 66.9 Å². The third-order valence-corrected chi connectivity index (χ3v) is 6.77. The average Bonchev–Trinajstić information content (AvgIpc) is 3.45. The lowest BCUT2D eigenvalue weighted by Gasteiger charge is -2.17. The van der Waals surface area contributed by atoms with Gasteiger partial charge in [0.05, 0.1) is 15.8 Å². The summed E-state index contributed by atoms with van der Waals surface area (Å²) in [6, 6.07) is 16.2. The molecule has 9 nitrogen and oxygen atoms in total. The van der Waals surface area contributed by atoms with Crippen LogP contribution in [0.4, 0.5) is 10.8 Å². The van der Waals surface area contributed by atoms with Crippen molar-refractivity contribution in [3.05, 3.63) is 71.9 Å². The van der Waals surface area contributed by atoms with E-state index in [4.69, 9.17) is 0 Å². The zero-order valence-electron chi connectivity index (χ0n) is 19.9. The van der Waals surface area contributed by atoms with Gasteiger partial charge in [0.15, 0.2) is 16.6 Å². The van der Waals surface area contributed by atoms with Gasteiger partial charge in [-0.3, -0.25) is 9.20 Å². The summed E-state index contributed by atoms with van der Waals surface area (Å²) in [4.78, 5) is 29.0. The van der Waals surface area contributed by atoms with Crippen LogP contribution in [0.1, 0.15) is 29.8 Å². The summed E-state index contributed by atoms with van der Waals surface area (Å²) in [6.45, 7) is 5.54. The van der Waals surface area contributed by atoms with E-state index in [1.54, 1.807) is 47.9 Å². The molecule has 0 bridgehead atoms. The minimum Gasteiger partial charge on any atom is -0.480 e. The zero-order valence-corrected chi connectivity index (χ0v) is 20.7. The van der Waals surface area contributed by atoms with Crippen molar-refractivity contribution in [2.24, 2.45) is 5.92 Å². The highest BCUT2D eigenvalue weighted by molar-refractivity contribution is 7.22. The molecule has 0 aliphatic carbocycles. The molecule has 0 radical (unpaired) electrons. The lowest BCUT2D eigenvalue weighted by molar-refractivity contribution is -0.140. The third kappa shape index (κ3) is 4.50. The van der Waals surface area contributed by atoms with Gasteiger partial charge in [0.2, 0.25) is 0 Å². The fourth-order valence-electron chi connectivity index (χ4n) is 3.93. The van der Waals surface area contributed by atoms with Crippen molar-refractivity contribution in [1.82, 2.24) is 24.9 Å². The van der Waals surface area contributed by atoms with E-state index < -0.39 is 17.9 Å². The van der Waals surface area contributed by atoms with Gasteiger partial charge in [-0.1, -0.05) is 31.3 Å². The van der Waals surface area contributed by atoms with Gasteiger partial charge in [0, 0.05) is 17.4 Å². The molecule has 5 rings (SSSR count). The highest BCUT2D eigenvalue weighted by Crippen LogP contribution is 2.30. The van der Waals surface area contributed by atoms with Crippen molar-refractivity contribution in [1.29, 1.82) is 0 Å². The fraction of sp³-hybridized carbons (Fsp3) is 0.192. The predicted octanol–water partition coefficient (Wildman–Crippen LogP) is 4.90. The Morgan fingerprint density at radius 3 is 2.56 bits per heavy atom. The number of fused-ring (bicyclic) bond motifs is 2. The third-order valence-electron chi connectivity index (χ3n) is 5.84. The van der Waals surface area contributed by atoms with Crippen molar-refractivity contribution in [2.45, 2.75) is 26.8 Å². The van der Waals surface area contributed by atoms with Crippen molar-refractivity contribution >= 4 is 49.9 Å². The normalized spacial score (nSPS) is 12.2. The fourth-order valence-corrected chi connectivity index (χ4v) is 4.92. The topological polar surface area (TPSA) is 122 Å². The van der Waals surface area contributed by atoms with Crippen molar-refractivity contribution in [3.63, 3.8) is 0 Å². The van der Waals surface area contributed by atoms with E-state index in [0.717, 1.165) is 26.6 Å². The lowest BCUT2D eigenvalue weighted by atomic mass is 10.0. The Morgan fingerprint density at radius 1 is 1.06 bits per heavy atom. The Hall–Kier alpha value is -4.31. The van der Waals surface area contributed by atoms with Gasteiger partial charge in [-0.25, -0.2) is 9.78 Å². The highest BCUT2D eigenvalue weighted by Gasteiger charge is 2.25. The zero-order chi connectivity index (χ0) is 25.4. The maximum Gasteiger partial charge on any atom is 0.326 e. The van der Waals surface area contributed by atoms with Gasteiger partial charge in [-0.2, -0.15) is 0 Å². The van der Waals surface area contributed by atoms with Crippen molar-refractivity contribution in [2.75, 3.05) is 5.32 Å². The number of aliphatic carboxylic acids is 1. The second-order valence-corrected chi connectivity index (χ2v) is 9.90. The van der Waals surface area contributed by atoms with Crippen LogP contribution in [0.2, 0.25) is 0 Å². The molecule has 5 aromatic rings. The highest BCUT2D eigenvalue weighted by atomic mass is 32.1. The van der Waals surface area contributed by atoms with Crippen LogP contribution < -0.4 is 10.6 Å². The number of hydrogen-bond donors (Lipinski definition) is 3. The van der Waals surface area contributed by atoms with E-state index >= 15 is 0 Å². The number of pyridine rings is 1. The van der Waals surface area contributed by atoms with Gasteiger partial charge < -0.3 is 15.7 Å². The Balaban J connectivity index is 1.39. The van der Waals surface area contributed by atoms with Gasteiger partial charge in [-0.15, -0.1) is 10.2 Å². The summed E-state index contributed by atoms with van der Waals surface area (Å²) >= 11 is 1.60. The first kappa shape index (κ1) is 23.4. The summed E-state index contributed by atoms with van der Waals surface area (Å²) in [7, 11) is 0. The van der Waals surface area contributed by atoms with Gasteiger partial charge in [0.1, 0.15) is 6.04 Å². The molecule has 3 N–H and O–H groups in total. The molecule has 0 saturated heterocycles. The van der Waals surface area contributed by atoms with Crippen molar-refractivity contribution < 1.29 is 14.7 Å². The number of thiazole rings is 1. The maximum atomic E-state index is 12.9. The first-order chi connectivity index (χ1) is 17.3. The number of rotatable bonds is 7. The number of carboxylic acids is 1. The number of aryl methyl sites for hydroxylation is 1. The number of carbonyl (C=O) groups excluding carboxylic acids is 1. The van der Waals surface area contributed by atoms with Gasteiger partial charge in [0.25, 0.3) is 5.91 Å². The molecule has 0 fully saturated rings. The maximum absolute atomic E-state index is 12.9. The number of anilines is 2. The molecule has 1 amide bonds. The number of amides is 1. The van der Waals surface area contributed by atoms with Crippen LogP contribution in [0.25, 0.3) is 27.3 Å². The summed E-state index contributed by atoms with van der Waals surface area (Å²) in [5, 5.41) is 24.7. The molecule has 3 heterocycles. The number of nitrogens with one attached hydrogen (secondary N) is 2. The first-order valence-electron chi connectivity index (χ1n) is 11.4. The monoisotopic (exact) mass is 500 g/mol. The van der Waals surface area contributed by atoms with Crippen LogP contribution in [0.15, 0.2) is 60.8 Å². The number of nitrogens with zero attached hydrogens (tertiary/aromatic N) is 4. The Morgan fingerprint density at radius 2 is 1.83 bits per heavy atom. The van der Waals surface area contributed by atoms with Crippen LogP contribution >= 0.6 is 11.3 Å². The molecule has 2 aromatic carbocycles. The van der Waals surface area contributed by atoms with Crippen LogP contribution in [0, 0.1) is 12.8 Å². The molecular formula is C26H24N6O3S. The second kappa shape index (κ2) is 9.38. The minimum atomic E-state index is -1.08. The Labute approximate surface area is 210 Å². The number of carbonyl (C=O) groups is 2. The van der Waals surface area contributed by atoms with E-state index in [1.807, 2.05) is 36.4 Å². The predicted molar refractivity (Wildman–Crippen MR) is 140 cm³/mol. The van der Waals surface area contributed by atoms with Crippen LogP contribution in [-0.4, -0.2) is 42.6 Å². The molecule has 36 heavy (non-hydrogen) atoms. The largest absolute Gasteiger partial charge is 0.480 e. The van der Waals surface area contributed by atoms with Crippen molar-refractivity contribution in [3.8, 4) is 11.4 Å². The smallest absolute Gasteiger partial charge is 0.326 e. The molecule has 0 spiro atoms. The Kier molecular flexibility index (Phi) is 6.11. The molecule has 1 atom stereocenters. The minimum absolute atomic E-state index is 0.257. The van der Waals surface area contributed by atoms with Crippen LogP contribution in [0.5, 0.6) is 0 Å². The number of aromatic nitrogens is 4. The molecule has 10 heteroatoms. The van der Waals surface area contributed by atoms with E-state index in [2.05, 4.69) is 38.8 Å². The Bertz CT molecular complexity index is 1590. The standard InChI is InChI=1S/C26H24N6O3S/c1-14(2)21(25(34)35)29-24(33)18-5-4-12-32-22(30-31-23(18)32)16-7-9-17(10-8-16)27-26-28-19-11-6-15(3)13-20(19)36-26/h4-14,21H,1-3H3,(H,27,28)(H,29,33)(H,34,35)/t21-/m0/s1. The SMILES string of the molecule is Cc1ccc2nc(Nc3ccc(-c4nnc5c(C(=O)N[C@H](C(=O)O)C(C)C)cccn45)cc3)sc2c1. The average molecular weight is 501 g/mol. The molecule has 182 valence electrons. The molecule has 0 aliphatic heterocycles. The summed E-state index contributed by atoms with van der Waals surface area (Å²) in [5.74, 6) is -1.28. The molecule has 3 aromatic heterocycles. The molecule has 0 aliphatic rings. The molecule has 0 unspecified atom stereocenters. The quantitative estimate of drug-likeness (QED) is 0.291. The first-order valence-corrected chi connectivity index (χ1v) is 12.2. The summed E-state index contributed by atoms with van der Waals surface area (Å²) in [5.41, 5.74) is 4.47. The van der Waals surface area contributed by atoms with Gasteiger partial charge >= 0.3 is 5.97 Å². The van der Waals surface area contributed by atoms with E-state index in [0.29, 0.717) is 11.5 Å². The second-order valence-electron chi connectivity index (χ2n) is 8.87. The van der Waals surface area contributed by atoms with E-state index in [1.165, 1.54) is 5.56 Å². The molecule has 0 saturated carbocycles. The number of carboxylic acid groups (broad SMARTS) is 1. The summed E-state index contributed by atoms with van der Waals surface area (Å²) in [6.07, 6.45) is 1.77. The molecular weight excluding hydrogens is 476 g/mol.